The number of amides is 1. The zero-order chi connectivity index (χ0) is 19.2. The van der Waals surface area contributed by atoms with E-state index < -0.39 is 5.41 Å². The van der Waals surface area contributed by atoms with Gasteiger partial charge in [0.2, 0.25) is 5.91 Å². The van der Waals surface area contributed by atoms with Crippen LogP contribution in [-0.2, 0) is 16.6 Å². The van der Waals surface area contributed by atoms with Crippen molar-refractivity contribution >= 4 is 11.7 Å². The van der Waals surface area contributed by atoms with Gasteiger partial charge in [0, 0.05) is 18.2 Å². The molecule has 4 rings (SSSR count). The standard InChI is InChI=1S/C19H15FN6O/c1-19(2)13-9-22-18(24-16(13)23-17(19)27)26-10-12(8-21)15(25-26)7-11-5-3-4-6-14(11)20/h3-6,9-10H,7H2,1-2H3,(H,22,23,24,27). The first-order valence-corrected chi connectivity index (χ1v) is 8.31. The average molecular weight is 362 g/mol. The lowest BCUT2D eigenvalue weighted by Gasteiger charge is -2.13. The Hall–Kier alpha value is -3.60. The van der Waals surface area contributed by atoms with Gasteiger partial charge in [-0.2, -0.15) is 15.3 Å². The second-order valence-electron chi connectivity index (χ2n) is 6.83. The first kappa shape index (κ1) is 16.8. The van der Waals surface area contributed by atoms with Gasteiger partial charge >= 0.3 is 0 Å². The van der Waals surface area contributed by atoms with Crippen molar-refractivity contribution < 1.29 is 9.18 Å². The third kappa shape index (κ3) is 2.73. The summed E-state index contributed by atoms with van der Waals surface area (Å²) < 4.78 is 15.3. The van der Waals surface area contributed by atoms with Gasteiger partial charge in [-0.15, -0.1) is 0 Å². The van der Waals surface area contributed by atoms with Crippen LogP contribution in [-0.4, -0.2) is 25.7 Å². The molecule has 3 aromatic rings. The smallest absolute Gasteiger partial charge is 0.252 e. The summed E-state index contributed by atoms with van der Waals surface area (Å²) in [7, 11) is 0. The summed E-state index contributed by atoms with van der Waals surface area (Å²) in [5, 5.41) is 16.5. The molecule has 0 radical (unpaired) electrons. The van der Waals surface area contributed by atoms with Gasteiger partial charge in [0.25, 0.3) is 5.95 Å². The van der Waals surface area contributed by atoms with E-state index in [0.717, 1.165) is 0 Å². The third-order valence-electron chi connectivity index (χ3n) is 4.68. The van der Waals surface area contributed by atoms with Gasteiger partial charge in [0.05, 0.1) is 22.9 Å². The zero-order valence-electron chi connectivity index (χ0n) is 14.7. The molecule has 1 aliphatic heterocycles. The molecule has 0 saturated carbocycles. The topological polar surface area (TPSA) is 96.5 Å². The molecule has 1 N–H and O–H groups in total. The second-order valence-corrected chi connectivity index (χ2v) is 6.83. The second kappa shape index (κ2) is 5.99. The summed E-state index contributed by atoms with van der Waals surface area (Å²) in [6.45, 7) is 3.59. The van der Waals surface area contributed by atoms with Crippen LogP contribution in [0, 0.1) is 17.1 Å². The molecule has 2 aromatic heterocycles. The fourth-order valence-corrected chi connectivity index (χ4v) is 2.98. The number of hydrogen-bond acceptors (Lipinski definition) is 5. The largest absolute Gasteiger partial charge is 0.310 e. The van der Waals surface area contributed by atoms with E-state index >= 15 is 0 Å². The minimum absolute atomic E-state index is 0.151. The highest BCUT2D eigenvalue weighted by Crippen LogP contribution is 2.35. The quantitative estimate of drug-likeness (QED) is 0.772. The predicted molar refractivity (Wildman–Crippen MR) is 94.7 cm³/mol. The first-order valence-electron chi connectivity index (χ1n) is 8.31. The maximum Gasteiger partial charge on any atom is 0.252 e. The van der Waals surface area contributed by atoms with E-state index in [1.54, 1.807) is 38.2 Å². The molecule has 3 heterocycles. The van der Waals surface area contributed by atoms with Crippen molar-refractivity contribution in [2.75, 3.05) is 5.32 Å². The fraction of sp³-hybridized carbons (Fsp3) is 0.211. The molecule has 8 heteroatoms. The Balaban J connectivity index is 1.72. The average Bonchev–Trinajstić information content (AvgIpc) is 3.15. The minimum Gasteiger partial charge on any atom is -0.310 e. The maximum absolute atomic E-state index is 13.9. The monoisotopic (exact) mass is 362 g/mol. The molecular weight excluding hydrogens is 347 g/mol. The number of nitrogens with one attached hydrogen (secondary N) is 1. The molecule has 27 heavy (non-hydrogen) atoms. The van der Waals surface area contributed by atoms with Crippen LogP contribution in [0.2, 0.25) is 0 Å². The molecule has 1 aliphatic rings. The molecule has 0 saturated heterocycles. The first-order chi connectivity index (χ1) is 12.9. The van der Waals surface area contributed by atoms with E-state index in [9.17, 15) is 14.4 Å². The van der Waals surface area contributed by atoms with E-state index in [2.05, 4.69) is 26.5 Å². The van der Waals surface area contributed by atoms with Crippen LogP contribution in [0.4, 0.5) is 10.2 Å². The summed E-state index contributed by atoms with van der Waals surface area (Å²) >= 11 is 0. The lowest BCUT2D eigenvalue weighted by molar-refractivity contribution is -0.119. The highest BCUT2D eigenvalue weighted by atomic mass is 19.1. The highest BCUT2D eigenvalue weighted by Gasteiger charge is 2.40. The van der Waals surface area contributed by atoms with Crippen LogP contribution in [0.3, 0.4) is 0 Å². The van der Waals surface area contributed by atoms with E-state index in [1.807, 2.05) is 0 Å². The van der Waals surface area contributed by atoms with E-state index in [-0.39, 0.29) is 24.1 Å². The van der Waals surface area contributed by atoms with Crippen LogP contribution >= 0.6 is 0 Å². The number of fused-ring (bicyclic) bond motifs is 1. The van der Waals surface area contributed by atoms with Crippen molar-refractivity contribution in [2.24, 2.45) is 0 Å². The van der Waals surface area contributed by atoms with Crippen molar-refractivity contribution in [3.05, 3.63) is 64.9 Å². The third-order valence-corrected chi connectivity index (χ3v) is 4.68. The van der Waals surface area contributed by atoms with Gasteiger partial charge in [0.1, 0.15) is 17.7 Å². The molecule has 1 amide bonds. The number of rotatable bonds is 3. The van der Waals surface area contributed by atoms with Crippen molar-refractivity contribution in [1.29, 1.82) is 5.26 Å². The Morgan fingerprint density at radius 3 is 2.85 bits per heavy atom. The minimum atomic E-state index is -0.703. The Labute approximate surface area is 154 Å². The van der Waals surface area contributed by atoms with E-state index in [4.69, 9.17) is 0 Å². The Kier molecular flexibility index (Phi) is 3.73. The van der Waals surface area contributed by atoms with Gasteiger partial charge in [-0.3, -0.25) is 4.79 Å². The van der Waals surface area contributed by atoms with E-state index in [0.29, 0.717) is 28.2 Å². The van der Waals surface area contributed by atoms with Crippen LogP contribution in [0.15, 0.2) is 36.7 Å². The Bertz CT molecular complexity index is 1110. The predicted octanol–water partition coefficient (Wildman–Crippen LogP) is 2.49. The van der Waals surface area contributed by atoms with Gasteiger partial charge in [-0.25, -0.2) is 14.1 Å². The molecule has 7 nitrogen and oxygen atoms in total. The highest BCUT2D eigenvalue weighted by molar-refractivity contribution is 6.04. The molecule has 134 valence electrons. The number of hydrogen-bond donors (Lipinski definition) is 1. The van der Waals surface area contributed by atoms with Crippen LogP contribution in [0.25, 0.3) is 5.95 Å². The van der Waals surface area contributed by atoms with Crippen molar-refractivity contribution in [1.82, 2.24) is 19.7 Å². The number of nitriles is 1. The number of benzene rings is 1. The summed E-state index contributed by atoms with van der Waals surface area (Å²) in [4.78, 5) is 20.7. The summed E-state index contributed by atoms with van der Waals surface area (Å²) in [5.41, 5.74) is 1.19. The fourth-order valence-electron chi connectivity index (χ4n) is 2.98. The summed E-state index contributed by atoms with van der Waals surface area (Å²) in [6.07, 6.45) is 3.26. The zero-order valence-corrected chi connectivity index (χ0v) is 14.7. The molecule has 0 fully saturated rings. The van der Waals surface area contributed by atoms with E-state index in [1.165, 1.54) is 16.9 Å². The SMILES string of the molecule is CC1(C)C(=O)Nc2nc(-n3cc(C#N)c(Cc4ccccc4F)n3)ncc21. The van der Waals surface area contributed by atoms with Crippen molar-refractivity contribution in [3.8, 4) is 12.0 Å². The van der Waals surface area contributed by atoms with Gasteiger partial charge < -0.3 is 5.32 Å². The van der Waals surface area contributed by atoms with Crippen LogP contribution in [0.1, 0.15) is 36.2 Å². The number of carbonyl (C=O) groups excluding carboxylic acids is 1. The lowest BCUT2D eigenvalue weighted by atomic mass is 9.88. The van der Waals surface area contributed by atoms with Gasteiger partial charge in [-0.05, 0) is 25.5 Å². The Morgan fingerprint density at radius 2 is 2.11 bits per heavy atom. The van der Waals surface area contributed by atoms with Gasteiger partial charge in [0.15, 0.2) is 0 Å². The molecule has 0 spiro atoms. The normalized spacial score (nSPS) is 14.5. The maximum atomic E-state index is 13.9. The molecule has 0 bridgehead atoms. The van der Waals surface area contributed by atoms with Crippen LogP contribution in [0.5, 0.6) is 0 Å². The van der Waals surface area contributed by atoms with Crippen molar-refractivity contribution in [2.45, 2.75) is 25.7 Å². The molecule has 0 unspecified atom stereocenters. The summed E-state index contributed by atoms with van der Waals surface area (Å²) in [6, 6.07) is 8.43. The lowest BCUT2D eigenvalue weighted by Crippen LogP contribution is -2.26. The van der Waals surface area contributed by atoms with Crippen LogP contribution < -0.4 is 5.32 Å². The number of halogens is 1. The molecule has 0 aliphatic carbocycles. The Morgan fingerprint density at radius 1 is 1.33 bits per heavy atom. The molecule has 0 atom stereocenters. The molecule has 1 aromatic carbocycles. The number of nitrogens with zero attached hydrogens (tertiary/aromatic N) is 5. The number of aromatic nitrogens is 4. The van der Waals surface area contributed by atoms with Gasteiger partial charge in [-0.1, -0.05) is 18.2 Å². The molecular formula is C19H15FN6O. The number of anilines is 1. The van der Waals surface area contributed by atoms with Crippen molar-refractivity contribution in [3.63, 3.8) is 0 Å². The number of carbonyl (C=O) groups is 1. The summed E-state index contributed by atoms with van der Waals surface area (Å²) in [5.74, 6) is 0.153.